The molecule has 4 aromatic rings. The van der Waals surface area contributed by atoms with Gasteiger partial charge in [-0.15, -0.1) is 0 Å². The Balaban J connectivity index is 1.48. The number of nitrogens with one attached hydrogen (secondary N) is 1. The average molecular weight is 364 g/mol. The van der Waals surface area contributed by atoms with Gasteiger partial charge in [-0.1, -0.05) is 29.5 Å². The fourth-order valence-electron chi connectivity index (χ4n) is 2.60. The number of hydrogen-bond acceptors (Lipinski definition) is 5. The number of benzene rings is 1. The maximum atomic E-state index is 12.4. The predicted molar refractivity (Wildman–Crippen MR) is 100 cm³/mol. The summed E-state index contributed by atoms with van der Waals surface area (Å²) in [7, 11) is 1.62. The quantitative estimate of drug-likeness (QED) is 0.589. The van der Waals surface area contributed by atoms with E-state index in [1.165, 1.54) is 11.3 Å². The van der Waals surface area contributed by atoms with E-state index in [-0.39, 0.29) is 5.91 Å². The van der Waals surface area contributed by atoms with Crippen molar-refractivity contribution in [2.75, 3.05) is 7.11 Å². The highest BCUT2D eigenvalue weighted by molar-refractivity contribution is 7.20. The lowest BCUT2D eigenvalue weighted by molar-refractivity contribution is 0.0946. The zero-order chi connectivity index (χ0) is 17.9. The first-order valence-electron chi connectivity index (χ1n) is 8.03. The predicted octanol–water partition coefficient (Wildman–Crippen LogP) is 3.40. The van der Waals surface area contributed by atoms with Crippen LogP contribution < -0.4 is 10.1 Å². The van der Waals surface area contributed by atoms with Gasteiger partial charge in [0.1, 0.15) is 11.4 Å². The lowest BCUT2D eigenvalue weighted by atomic mass is 10.2. The summed E-state index contributed by atoms with van der Waals surface area (Å²) < 4.78 is 7.06. The van der Waals surface area contributed by atoms with Crippen LogP contribution in [0.4, 0.5) is 0 Å². The summed E-state index contributed by atoms with van der Waals surface area (Å²) in [6.45, 7) is 0.419. The van der Waals surface area contributed by atoms with Gasteiger partial charge >= 0.3 is 0 Å². The Kier molecular flexibility index (Phi) is 4.37. The smallest absolute Gasteiger partial charge is 0.271 e. The molecule has 0 atom stereocenters. The van der Waals surface area contributed by atoms with Crippen molar-refractivity contribution < 1.29 is 9.53 Å². The van der Waals surface area contributed by atoms with Crippen molar-refractivity contribution >= 4 is 22.2 Å². The van der Waals surface area contributed by atoms with E-state index in [0.29, 0.717) is 12.2 Å². The van der Waals surface area contributed by atoms with Gasteiger partial charge in [-0.3, -0.25) is 14.2 Å². The highest BCUT2D eigenvalue weighted by Crippen LogP contribution is 2.27. The van der Waals surface area contributed by atoms with Crippen molar-refractivity contribution in [1.29, 1.82) is 0 Å². The van der Waals surface area contributed by atoms with Crippen LogP contribution in [0.15, 0.2) is 61.2 Å². The standard InChI is InChI=1S/C19H16N4O2S/c1-25-15-6-2-4-13(8-15)9-21-18(24)16-11-23-12-17(26-19(23)22-16)14-5-3-7-20-10-14/h2-8,10-12H,9H2,1H3,(H,21,24). The molecule has 0 fully saturated rings. The molecule has 1 aromatic carbocycles. The highest BCUT2D eigenvalue weighted by Gasteiger charge is 2.13. The topological polar surface area (TPSA) is 68.5 Å². The van der Waals surface area contributed by atoms with E-state index in [0.717, 1.165) is 26.7 Å². The highest BCUT2D eigenvalue weighted by atomic mass is 32.1. The van der Waals surface area contributed by atoms with Crippen LogP contribution in [0.5, 0.6) is 5.75 Å². The summed E-state index contributed by atoms with van der Waals surface area (Å²) in [6.07, 6.45) is 7.26. The van der Waals surface area contributed by atoms with Gasteiger partial charge in [0.25, 0.3) is 5.91 Å². The van der Waals surface area contributed by atoms with Gasteiger partial charge < -0.3 is 10.1 Å². The SMILES string of the molecule is COc1cccc(CNC(=O)c2cn3cc(-c4cccnc4)sc3n2)c1. The van der Waals surface area contributed by atoms with E-state index in [1.807, 2.05) is 53.2 Å². The van der Waals surface area contributed by atoms with Crippen LogP contribution in [-0.2, 0) is 6.54 Å². The van der Waals surface area contributed by atoms with Gasteiger partial charge in [-0.25, -0.2) is 4.98 Å². The monoisotopic (exact) mass is 364 g/mol. The fourth-order valence-corrected chi connectivity index (χ4v) is 3.56. The number of amides is 1. The third-order valence-corrected chi connectivity index (χ3v) is 4.97. The third kappa shape index (κ3) is 3.29. The molecule has 0 saturated heterocycles. The number of imidazole rings is 1. The number of hydrogen-bond donors (Lipinski definition) is 1. The van der Waals surface area contributed by atoms with Crippen LogP contribution in [0.25, 0.3) is 15.4 Å². The number of aromatic nitrogens is 3. The third-order valence-electron chi connectivity index (χ3n) is 3.92. The first kappa shape index (κ1) is 16.3. The van der Waals surface area contributed by atoms with E-state index in [4.69, 9.17) is 4.74 Å². The Morgan fingerprint density at radius 2 is 2.19 bits per heavy atom. The Morgan fingerprint density at radius 3 is 2.96 bits per heavy atom. The van der Waals surface area contributed by atoms with Gasteiger partial charge in [0.2, 0.25) is 0 Å². The molecule has 0 bridgehead atoms. The molecule has 130 valence electrons. The van der Waals surface area contributed by atoms with Crippen molar-refractivity contribution in [2.45, 2.75) is 6.54 Å². The molecule has 3 heterocycles. The normalized spacial score (nSPS) is 10.8. The molecule has 6 nitrogen and oxygen atoms in total. The van der Waals surface area contributed by atoms with Gasteiger partial charge in [0, 0.05) is 36.9 Å². The largest absolute Gasteiger partial charge is 0.497 e. The average Bonchev–Trinajstić information content (AvgIpc) is 3.26. The second-order valence-corrected chi connectivity index (χ2v) is 6.70. The van der Waals surface area contributed by atoms with Crippen LogP contribution in [-0.4, -0.2) is 27.4 Å². The molecule has 0 saturated carbocycles. The first-order chi connectivity index (χ1) is 12.7. The van der Waals surface area contributed by atoms with E-state index in [1.54, 1.807) is 19.5 Å². The van der Waals surface area contributed by atoms with Gasteiger partial charge in [-0.2, -0.15) is 0 Å². The Morgan fingerprint density at radius 1 is 1.27 bits per heavy atom. The van der Waals surface area contributed by atoms with Crippen molar-refractivity contribution in [3.63, 3.8) is 0 Å². The number of nitrogens with zero attached hydrogens (tertiary/aromatic N) is 3. The maximum absolute atomic E-state index is 12.4. The number of fused-ring (bicyclic) bond motifs is 1. The Bertz CT molecular complexity index is 1020. The maximum Gasteiger partial charge on any atom is 0.271 e. The minimum absolute atomic E-state index is 0.202. The Labute approximate surface area is 154 Å². The number of rotatable bonds is 5. The van der Waals surface area contributed by atoms with E-state index < -0.39 is 0 Å². The lowest BCUT2D eigenvalue weighted by Crippen LogP contribution is -2.23. The number of carbonyl (C=O) groups excluding carboxylic acids is 1. The van der Waals surface area contributed by atoms with Crippen molar-refractivity contribution in [1.82, 2.24) is 19.7 Å². The number of carbonyl (C=O) groups is 1. The van der Waals surface area contributed by atoms with Crippen molar-refractivity contribution in [3.05, 3.63) is 72.4 Å². The Hall–Kier alpha value is -3.19. The summed E-state index contributed by atoms with van der Waals surface area (Å²) in [5, 5.41) is 2.89. The van der Waals surface area contributed by atoms with Crippen LogP contribution in [0.3, 0.4) is 0 Å². The number of pyridine rings is 1. The molecular formula is C19H16N4O2S. The molecule has 26 heavy (non-hydrogen) atoms. The summed E-state index contributed by atoms with van der Waals surface area (Å²) in [4.78, 5) is 22.8. The van der Waals surface area contributed by atoms with Gasteiger partial charge in [0.15, 0.2) is 4.96 Å². The van der Waals surface area contributed by atoms with Crippen LogP contribution in [0.1, 0.15) is 16.1 Å². The second-order valence-electron chi connectivity index (χ2n) is 5.69. The molecule has 0 radical (unpaired) electrons. The summed E-state index contributed by atoms with van der Waals surface area (Å²) in [5.41, 5.74) is 2.40. The summed E-state index contributed by atoms with van der Waals surface area (Å²) >= 11 is 1.52. The molecule has 0 aliphatic carbocycles. The fraction of sp³-hybridized carbons (Fsp3) is 0.105. The zero-order valence-electron chi connectivity index (χ0n) is 14.0. The van der Waals surface area contributed by atoms with Gasteiger partial charge in [0.05, 0.1) is 12.0 Å². The van der Waals surface area contributed by atoms with Crippen LogP contribution in [0, 0.1) is 0 Å². The van der Waals surface area contributed by atoms with Crippen LogP contribution in [0.2, 0.25) is 0 Å². The summed E-state index contributed by atoms with van der Waals surface area (Å²) in [5.74, 6) is 0.564. The first-order valence-corrected chi connectivity index (χ1v) is 8.84. The zero-order valence-corrected chi connectivity index (χ0v) is 14.9. The molecule has 1 amide bonds. The minimum Gasteiger partial charge on any atom is -0.497 e. The molecule has 0 aliphatic heterocycles. The molecule has 4 rings (SSSR count). The lowest BCUT2D eigenvalue weighted by Gasteiger charge is -2.05. The molecule has 7 heteroatoms. The molecule has 0 spiro atoms. The molecule has 0 aliphatic rings. The van der Waals surface area contributed by atoms with Crippen molar-refractivity contribution in [3.8, 4) is 16.2 Å². The van der Waals surface area contributed by atoms with E-state index in [9.17, 15) is 4.79 Å². The number of methoxy groups -OCH3 is 1. The number of thiazole rings is 1. The molecule has 3 aromatic heterocycles. The second kappa shape index (κ2) is 6.97. The van der Waals surface area contributed by atoms with E-state index >= 15 is 0 Å². The molecule has 1 N–H and O–H groups in total. The van der Waals surface area contributed by atoms with Gasteiger partial charge in [-0.05, 0) is 23.8 Å². The minimum atomic E-state index is -0.202. The van der Waals surface area contributed by atoms with Crippen LogP contribution >= 0.6 is 11.3 Å². The molecular weight excluding hydrogens is 348 g/mol. The number of ether oxygens (including phenoxy) is 1. The van der Waals surface area contributed by atoms with Crippen molar-refractivity contribution in [2.24, 2.45) is 0 Å². The molecule has 0 unspecified atom stereocenters. The van der Waals surface area contributed by atoms with E-state index in [2.05, 4.69) is 15.3 Å². The summed E-state index contributed by atoms with van der Waals surface area (Å²) in [6, 6.07) is 11.5.